The topological polar surface area (TPSA) is 72.9 Å². The SMILES string of the molecule is COCC1(C(=O)OC)CN(c2ccc(F)cc2)C(=C=O)C1=C=O. The van der Waals surface area contributed by atoms with Crippen LogP contribution in [0.15, 0.2) is 35.5 Å². The third-order valence-electron chi connectivity index (χ3n) is 3.72. The number of allylic oxidation sites excluding steroid dienone is 1. The molecule has 1 aliphatic heterocycles. The van der Waals surface area contributed by atoms with Crippen LogP contribution in [0.1, 0.15) is 0 Å². The zero-order valence-corrected chi connectivity index (χ0v) is 12.6. The van der Waals surface area contributed by atoms with Crippen LogP contribution in [-0.4, -0.2) is 45.2 Å². The fraction of sp³-hybridized carbons (Fsp3) is 0.312. The van der Waals surface area contributed by atoms with Gasteiger partial charge in [-0.3, -0.25) is 4.79 Å². The zero-order chi connectivity index (χ0) is 17.0. The average Bonchev–Trinajstić information content (AvgIpc) is 2.89. The number of halogens is 1. The molecule has 0 aliphatic carbocycles. The number of benzene rings is 1. The second-order valence-corrected chi connectivity index (χ2v) is 5.00. The van der Waals surface area contributed by atoms with Gasteiger partial charge in [-0.1, -0.05) is 0 Å². The summed E-state index contributed by atoms with van der Waals surface area (Å²) in [6, 6.07) is 5.26. The molecule has 1 saturated heterocycles. The maximum Gasteiger partial charge on any atom is 0.321 e. The Morgan fingerprint density at radius 1 is 1.26 bits per heavy atom. The molecule has 1 unspecified atom stereocenters. The van der Waals surface area contributed by atoms with E-state index in [1.54, 1.807) is 11.9 Å². The molecule has 0 bridgehead atoms. The zero-order valence-electron chi connectivity index (χ0n) is 12.6. The van der Waals surface area contributed by atoms with Gasteiger partial charge in [0.2, 0.25) is 0 Å². The molecule has 6 nitrogen and oxygen atoms in total. The Bertz CT molecular complexity index is 716. The molecule has 0 N–H and O–H groups in total. The summed E-state index contributed by atoms with van der Waals surface area (Å²) in [6.45, 7) is -0.249. The van der Waals surface area contributed by atoms with E-state index < -0.39 is 17.2 Å². The van der Waals surface area contributed by atoms with E-state index in [9.17, 15) is 18.8 Å². The van der Waals surface area contributed by atoms with Crippen LogP contribution in [0.2, 0.25) is 0 Å². The minimum atomic E-state index is -1.49. The normalized spacial score (nSPS) is 20.2. The van der Waals surface area contributed by atoms with E-state index >= 15 is 0 Å². The van der Waals surface area contributed by atoms with Crippen molar-refractivity contribution in [3.8, 4) is 0 Å². The maximum absolute atomic E-state index is 13.1. The van der Waals surface area contributed by atoms with Gasteiger partial charge in [0.25, 0.3) is 0 Å². The Hall–Kier alpha value is -2.72. The van der Waals surface area contributed by atoms with Crippen molar-refractivity contribution in [3.05, 3.63) is 41.4 Å². The highest BCUT2D eigenvalue weighted by Crippen LogP contribution is 2.43. The van der Waals surface area contributed by atoms with E-state index in [0.29, 0.717) is 5.69 Å². The van der Waals surface area contributed by atoms with Crippen LogP contribution < -0.4 is 4.90 Å². The van der Waals surface area contributed by atoms with Gasteiger partial charge in [-0.25, -0.2) is 14.0 Å². The second kappa shape index (κ2) is 6.58. The van der Waals surface area contributed by atoms with Crippen LogP contribution in [-0.2, 0) is 23.9 Å². The van der Waals surface area contributed by atoms with Crippen LogP contribution in [0.5, 0.6) is 0 Å². The molecule has 0 spiro atoms. The Labute approximate surface area is 131 Å². The predicted molar refractivity (Wildman–Crippen MR) is 78.5 cm³/mol. The van der Waals surface area contributed by atoms with Crippen molar-refractivity contribution in [2.24, 2.45) is 5.41 Å². The number of carbonyl (C=O) groups is 1. The quantitative estimate of drug-likeness (QED) is 0.607. The first kappa shape index (κ1) is 16.6. The molecule has 23 heavy (non-hydrogen) atoms. The summed E-state index contributed by atoms with van der Waals surface area (Å²) in [6.07, 6.45) is 0. The fourth-order valence-electron chi connectivity index (χ4n) is 2.67. The standard InChI is InChI=1S/C16H14FNO5/c1-22-10-16(15(21)23-2)9-18(14(8-20)13(16)7-19)12-5-3-11(17)4-6-12/h3-6H,9-10H2,1-2H3. The van der Waals surface area contributed by atoms with Gasteiger partial charge < -0.3 is 14.4 Å². The van der Waals surface area contributed by atoms with Gasteiger partial charge in [-0.2, -0.15) is 0 Å². The number of hydrogen-bond acceptors (Lipinski definition) is 6. The van der Waals surface area contributed by atoms with Crippen LogP contribution in [0, 0.1) is 11.2 Å². The molecule has 1 heterocycles. The Morgan fingerprint density at radius 3 is 2.39 bits per heavy atom. The fourth-order valence-corrected chi connectivity index (χ4v) is 2.67. The van der Waals surface area contributed by atoms with Crippen molar-refractivity contribution in [1.29, 1.82) is 0 Å². The molecule has 1 aliphatic rings. The first-order chi connectivity index (χ1) is 11.0. The van der Waals surface area contributed by atoms with Crippen molar-refractivity contribution in [2.45, 2.75) is 0 Å². The van der Waals surface area contributed by atoms with Gasteiger partial charge in [-0.05, 0) is 24.3 Å². The Morgan fingerprint density at radius 2 is 1.91 bits per heavy atom. The number of carbonyl (C=O) groups excluding carboxylic acids is 3. The van der Waals surface area contributed by atoms with E-state index in [0.717, 1.165) is 0 Å². The first-order valence-corrected chi connectivity index (χ1v) is 6.65. The number of hydrogen-bond donors (Lipinski definition) is 0. The molecule has 0 amide bonds. The summed E-state index contributed by atoms with van der Waals surface area (Å²) in [7, 11) is 2.53. The minimum Gasteiger partial charge on any atom is -0.468 e. The van der Waals surface area contributed by atoms with Crippen LogP contribution in [0.25, 0.3) is 0 Å². The maximum atomic E-state index is 13.1. The molecule has 0 aromatic heterocycles. The summed E-state index contributed by atoms with van der Waals surface area (Å²) in [5.41, 5.74) is -1.40. The van der Waals surface area contributed by atoms with Gasteiger partial charge in [0.1, 0.15) is 22.9 Å². The first-order valence-electron chi connectivity index (χ1n) is 6.65. The van der Waals surface area contributed by atoms with Crippen molar-refractivity contribution >= 4 is 23.5 Å². The van der Waals surface area contributed by atoms with Crippen molar-refractivity contribution < 1.29 is 28.2 Å². The molecule has 1 atom stereocenters. The average molecular weight is 319 g/mol. The van der Waals surface area contributed by atoms with Gasteiger partial charge in [0.15, 0.2) is 5.94 Å². The van der Waals surface area contributed by atoms with E-state index in [4.69, 9.17) is 9.47 Å². The lowest BCUT2D eigenvalue weighted by Crippen LogP contribution is -2.41. The third kappa shape index (κ3) is 2.69. The van der Waals surface area contributed by atoms with E-state index in [1.807, 2.05) is 0 Å². The van der Waals surface area contributed by atoms with Crippen molar-refractivity contribution in [3.63, 3.8) is 0 Å². The highest BCUT2D eigenvalue weighted by atomic mass is 19.1. The third-order valence-corrected chi connectivity index (χ3v) is 3.72. The van der Waals surface area contributed by atoms with Gasteiger partial charge >= 0.3 is 5.97 Å². The van der Waals surface area contributed by atoms with E-state index in [2.05, 4.69) is 0 Å². The van der Waals surface area contributed by atoms with Gasteiger partial charge in [0.05, 0.1) is 19.3 Å². The molecule has 2 rings (SSSR count). The van der Waals surface area contributed by atoms with Crippen LogP contribution in [0.4, 0.5) is 10.1 Å². The second-order valence-electron chi connectivity index (χ2n) is 5.00. The number of rotatable bonds is 4. The minimum absolute atomic E-state index is 0.0751. The molecule has 1 fully saturated rings. The molecule has 0 radical (unpaired) electrons. The summed E-state index contributed by atoms with van der Waals surface area (Å²) in [5, 5.41) is 0. The van der Waals surface area contributed by atoms with Gasteiger partial charge in [0, 0.05) is 19.3 Å². The highest BCUT2D eigenvalue weighted by Gasteiger charge is 2.54. The number of methoxy groups -OCH3 is 2. The Balaban J connectivity index is 2.60. The predicted octanol–water partition coefficient (Wildman–Crippen LogP) is 0.925. The number of anilines is 1. The lowest BCUT2D eigenvalue weighted by Gasteiger charge is -2.25. The monoisotopic (exact) mass is 319 g/mol. The highest BCUT2D eigenvalue weighted by molar-refractivity contribution is 5.94. The van der Waals surface area contributed by atoms with E-state index in [-0.39, 0.29) is 24.4 Å². The van der Waals surface area contributed by atoms with E-state index in [1.165, 1.54) is 43.4 Å². The molecule has 120 valence electrons. The number of esters is 1. The summed E-state index contributed by atoms with van der Waals surface area (Å²) in [4.78, 5) is 36.4. The van der Waals surface area contributed by atoms with Gasteiger partial charge in [-0.15, -0.1) is 0 Å². The van der Waals surface area contributed by atoms with Crippen molar-refractivity contribution in [1.82, 2.24) is 0 Å². The van der Waals surface area contributed by atoms with Crippen molar-refractivity contribution in [2.75, 3.05) is 32.3 Å². The molecule has 0 saturated carbocycles. The Kier molecular flexibility index (Phi) is 4.77. The summed E-state index contributed by atoms with van der Waals surface area (Å²) < 4.78 is 22.9. The van der Waals surface area contributed by atoms with Crippen LogP contribution in [0.3, 0.4) is 0 Å². The number of nitrogens with zero attached hydrogens (tertiary/aromatic N) is 1. The molecule has 1 aromatic carbocycles. The summed E-state index contributed by atoms with van der Waals surface area (Å²) >= 11 is 0. The molecular formula is C16H14FNO5. The van der Waals surface area contributed by atoms with Crippen LogP contribution >= 0.6 is 0 Å². The molecular weight excluding hydrogens is 305 g/mol. The molecule has 1 aromatic rings. The largest absolute Gasteiger partial charge is 0.468 e. The summed E-state index contributed by atoms with van der Waals surface area (Å²) in [5.74, 6) is 2.12. The molecule has 7 heteroatoms. The lowest BCUT2D eigenvalue weighted by molar-refractivity contribution is -0.151. The smallest absolute Gasteiger partial charge is 0.321 e. The lowest BCUT2D eigenvalue weighted by atomic mass is 9.83. The number of ether oxygens (including phenoxy) is 2.